The van der Waals surface area contributed by atoms with E-state index in [1.165, 1.54) is 36.3 Å². The summed E-state index contributed by atoms with van der Waals surface area (Å²) in [6, 6.07) is -0.973. The van der Waals surface area contributed by atoms with E-state index < -0.39 is 17.9 Å². The molecule has 2 N–H and O–H groups in total. The van der Waals surface area contributed by atoms with Crippen molar-refractivity contribution in [1.29, 1.82) is 0 Å². The summed E-state index contributed by atoms with van der Waals surface area (Å²) in [6.07, 6.45) is 1.43. The average Bonchev–Trinajstić information content (AvgIpc) is 2.79. The van der Waals surface area contributed by atoms with Crippen molar-refractivity contribution in [2.45, 2.75) is 26.8 Å². The first-order valence-corrected chi connectivity index (χ1v) is 6.85. The van der Waals surface area contributed by atoms with Crippen molar-refractivity contribution < 1.29 is 19.5 Å². The van der Waals surface area contributed by atoms with E-state index in [4.69, 9.17) is 5.11 Å². The molecule has 110 valence electrons. The monoisotopic (exact) mass is 299 g/mol. The Bertz CT molecular complexity index is 515. The van der Waals surface area contributed by atoms with Crippen LogP contribution in [-0.2, 0) is 9.59 Å². The van der Waals surface area contributed by atoms with Crippen LogP contribution in [0.3, 0.4) is 0 Å². The number of hydrogen-bond acceptors (Lipinski definition) is 5. The van der Waals surface area contributed by atoms with Crippen molar-refractivity contribution in [3.05, 3.63) is 16.1 Å². The van der Waals surface area contributed by atoms with E-state index in [1.807, 2.05) is 0 Å². The molecular weight excluding hydrogens is 282 g/mol. The second kappa shape index (κ2) is 6.99. The van der Waals surface area contributed by atoms with Crippen LogP contribution < -0.4 is 5.32 Å². The number of carbonyl (C=O) groups is 3. The summed E-state index contributed by atoms with van der Waals surface area (Å²) in [4.78, 5) is 39.8. The summed E-state index contributed by atoms with van der Waals surface area (Å²) in [5.74, 6) is -1.72. The Morgan fingerprint density at radius 2 is 2.15 bits per heavy atom. The number of rotatable bonds is 6. The van der Waals surface area contributed by atoms with Crippen LogP contribution in [0.25, 0.3) is 0 Å². The fourth-order valence-electron chi connectivity index (χ4n) is 1.56. The van der Waals surface area contributed by atoms with Crippen molar-refractivity contribution in [3.63, 3.8) is 0 Å². The molecule has 7 nitrogen and oxygen atoms in total. The van der Waals surface area contributed by atoms with Gasteiger partial charge in [-0.05, 0) is 13.8 Å². The van der Waals surface area contributed by atoms with Gasteiger partial charge in [0.2, 0.25) is 5.91 Å². The molecule has 0 aliphatic carbocycles. The van der Waals surface area contributed by atoms with E-state index >= 15 is 0 Å². The highest BCUT2D eigenvalue weighted by Crippen LogP contribution is 2.15. The molecule has 1 aromatic heterocycles. The Labute approximate surface area is 120 Å². The zero-order valence-corrected chi connectivity index (χ0v) is 12.4. The number of aromatic nitrogens is 1. The van der Waals surface area contributed by atoms with Gasteiger partial charge in [-0.3, -0.25) is 9.59 Å². The maximum atomic E-state index is 12.3. The predicted octanol–water partition coefficient (Wildman–Crippen LogP) is 0.503. The Kier molecular flexibility index (Phi) is 5.63. The minimum atomic E-state index is -1.09. The van der Waals surface area contributed by atoms with E-state index in [2.05, 4.69) is 10.3 Å². The molecule has 2 amide bonds. The third-order valence-corrected chi connectivity index (χ3v) is 3.55. The lowest BCUT2D eigenvalue weighted by molar-refractivity contribution is -0.141. The maximum Gasteiger partial charge on any atom is 0.326 e. The van der Waals surface area contributed by atoms with Gasteiger partial charge in [0.1, 0.15) is 10.9 Å². The summed E-state index contributed by atoms with van der Waals surface area (Å²) < 4.78 is 0. The summed E-state index contributed by atoms with van der Waals surface area (Å²) in [7, 11) is 0. The lowest BCUT2D eigenvalue weighted by Crippen LogP contribution is -2.46. The Hall–Kier alpha value is -1.96. The lowest BCUT2D eigenvalue weighted by atomic mass is 10.2. The van der Waals surface area contributed by atoms with Gasteiger partial charge in [-0.25, -0.2) is 9.78 Å². The number of nitrogens with zero attached hydrogens (tertiary/aromatic N) is 2. The molecule has 1 rings (SSSR count). The zero-order chi connectivity index (χ0) is 15.3. The van der Waals surface area contributed by atoms with Crippen molar-refractivity contribution in [3.8, 4) is 0 Å². The van der Waals surface area contributed by atoms with Crippen LogP contribution in [0, 0.1) is 6.92 Å². The molecule has 0 fully saturated rings. The van der Waals surface area contributed by atoms with Crippen molar-refractivity contribution in [1.82, 2.24) is 15.2 Å². The molecule has 1 unspecified atom stereocenters. The zero-order valence-electron chi connectivity index (χ0n) is 11.5. The molecule has 0 spiro atoms. The van der Waals surface area contributed by atoms with Gasteiger partial charge in [-0.15, -0.1) is 11.3 Å². The fourth-order valence-corrected chi connectivity index (χ4v) is 2.29. The summed E-state index contributed by atoms with van der Waals surface area (Å²) in [6.45, 7) is 4.89. The highest BCUT2D eigenvalue weighted by molar-refractivity contribution is 7.13. The van der Waals surface area contributed by atoms with Crippen LogP contribution in [0.1, 0.15) is 28.5 Å². The molecule has 1 aromatic rings. The highest BCUT2D eigenvalue weighted by Gasteiger charge is 2.27. The number of amides is 2. The van der Waals surface area contributed by atoms with Gasteiger partial charge in [-0.1, -0.05) is 0 Å². The maximum absolute atomic E-state index is 12.3. The molecule has 1 heterocycles. The quantitative estimate of drug-likeness (QED) is 0.797. The molecule has 0 aromatic carbocycles. The third-order valence-electron chi connectivity index (χ3n) is 2.64. The first kappa shape index (κ1) is 16.1. The van der Waals surface area contributed by atoms with Gasteiger partial charge in [0.25, 0.3) is 5.91 Å². The molecule has 0 radical (unpaired) electrons. The van der Waals surface area contributed by atoms with Gasteiger partial charge < -0.3 is 15.3 Å². The van der Waals surface area contributed by atoms with Crippen LogP contribution in [0.4, 0.5) is 0 Å². The van der Waals surface area contributed by atoms with Gasteiger partial charge in [0.05, 0.1) is 11.2 Å². The van der Waals surface area contributed by atoms with E-state index in [9.17, 15) is 14.4 Å². The SMILES string of the molecule is CC(=O)NCCN(C(=O)c1cnc(C)s1)C(C)C(=O)O. The molecule has 20 heavy (non-hydrogen) atoms. The van der Waals surface area contributed by atoms with Gasteiger partial charge in [0, 0.05) is 20.0 Å². The van der Waals surface area contributed by atoms with Crippen LogP contribution in [-0.4, -0.2) is 51.9 Å². The number of thiazole rings is 1. The van der Waals surface area contributed by atoms with Gasteiger partial charge >= 0.3 is 5.97 Å². The smallest absolute Gasteiger partial charge is 0.326 e. The Balaban J connectivity index is 2.83. The predicted molar refractivity (Wildman–Crippen MR) is 73.7 cm³/mol. The second-order valence-corrected chi connectivity index (χ2v) is 5.47. The number of aliphatic carboxylic acids is 1. The molecular formula is C12H17N3O4S. The minimum absolute atomic E-state index is 0.128. The normalized spacial score (nSPS) is 11.8. The number of carboxylic acid groups (broad SMARTS) is 1. The summed E-state index contributed by atoms with van der Waals surface area (Å²) in [5, 5.41) is 12.3. The van der Waals surface area contributed by atoms with Crippen molar-refractivity contribution in [2.75, 3.05) is 13.1 Å². The molecule has 1 atom stereocenters. The van der Waals surface area contributed by atoms with E-state index in [0.717, 1.165) is 5.01 Å². The first-order chi connectivity index (χ1) is 9.32. The minimum Gasteiger partial charge on any atom is -0.480 e. The van der Waals surface area contributed by atoms with Crippen LogP contribution in [0.15, 0.2) is 6.20 Å². The van der Waals surface area contributed by atoms with E-state index in [-0.39, 0.29) is 19.0 Å². The largest absolute Gasteiger partial charge is 0.480 e. The van der Waals surface area contributed by atoms with E-state index in [0.29, 0.717) is 4.88 Å². The van der Waals surface area contributed by atoms with Gasteiger partial charge in [0.15, 0.2) is 0 Å². The second-order valence-electron chi connectivity index (χ2n) is 4.24. The molecule has 8 heteroatoms. The first-order valence-electron chi connectivity index (χ1n) is 6.03. The van der Waals surface area contributed by atoms with Crippen LogP contribution >= 0.6 is 11.3 Å². The van der Waals surface area contributed by atoms with Crippen molar-refractivity contribution >= 4 is 29.1 Å². The Morgan fingerprint density at radius 3 is 2.60 bits per heavy atom. The summed E-state index contributed by atoms with van der Waals surface area (Å²) >= 11 is 1.21. The molecule has 0 aliphatic heterocycles. The number of hydrogen-bond donors (Lipinski definition) is 2. The molecule has 0 bridgehead atoms. The molecule has 0 saturated carbocycles. The fraction of sp³-hybridized carbons (Fsp3) is 0.500. The topological polar surface area (TPSA) is 99.6 Å². The number of aryl methyl sites for hydroxylation is 1. The molecule has 0 saturated heterocycles. The van der Waals surface area contributed by atoms with Crippen LogP contribution in [0.5, 0.6) is 0 Å². The molecule has 0 aliphatic rings. The van der Waals surface area contributed by atoms with Gasteiger partial charge in [-0.2, -0.15) is 0 Å². The summed E-state index contributed by atoms with van der Waals surface area (Å²) in [5.41, 5.74) is 0. The van der Waals surface area contributed by atoms with Crippen molar-refractivity contribution in [2.24, 2.45) is 0 Å². The number of carbonyl (C=O) groups excluding carboxylic acids is 2. The standard InChI is InChI=1S/C12H17N3O4S/c1-7(12(18)19)15(5-4-13-8(2)16)11(17)10-6-14-9(3)20-10/h6-7H,4-5H2,1-3H3,(H,13,16)(H,18,19). The average molecular weight is 299 g/mol. The highest BCUT2D eigenvalue weighted by atomic mass is 32.1. The Morgan fingerprint density at radius 1 is 1.50 bits per heavy atom. The number of nitrogens with one attached hydrogen (secondary N) is 1. The number of carboxylic acids is 1. The van der Waals surface area contributed by atoms with E-state index in [1.54, 1.807) is 6.92 Å². The third kappa shape index (κ3) is 4.30. The lowest BCUT2D eigenvalue weighted by Gasteiger charge is -2.25. The van der Waals surface area contributed by atoms with Crippen LogP contribution in [0.2, 0.25) is 0 Å².